The quantitative estimate of drug-likeness (QED) is 0.0567. The lowest BCUT2D eigenvalue weighted by molar-refractivity contribution is -0.685. The van der Waals surface area contributed by atoms with Crippen LogP contribution in [0.5, 0.6) is 11.5 Å². The molecule has 6 rings (SSSR count). The molecule has 0 saturated heterocycles. The van der Waals surface area contributed by atoms with Crippen LogP contribution in [-0.2, 0) is 33.9 Å². The molecule has 11 nitrogen and oxygen atoms in total. The first-order valence-electron chi connectivity index (χ1n) is 21.9. The molecule has 0 aliphatic heterocycles. The van der Waals surface area contributed by atoms with Crippen molar-refractivity contribution in [2.75, 3.05) is 49.2 Å². The highest BCUT2D eigenvalue weighted by molar-refractivity contribution is 6.26. The summed E-state index contributed by atoms with van der Waals surface area (Å²) in [5, 5.41) is 19.7. The number of nitrogens with zero attached hydrogens (tertiary/aromatic N) is 4. The number of fused-ring (bicyclic) bond motifs is 1. The van der Waals surface area contributed by atoms with Crippen LogP contribution in [0, 0.1) is 0 Å². The fraction of sp³-hybridized carbons (Fsp3) is 0.264. The smallest absolute Gasteiger partial charge is 0.370 e. The van der Waals surface area contributed by atoms with Crippen molar-refractivity contribution in [1.29, 1.82) is 0 Å². The number of carboxylic acid groups (broad SMARTS) is 2. The molecule has 2 aromatic heterocycles. The van der Waals surface area contributed by atoms with Crippen molar-refractivity contribution in [2.24, 2.45) is 0 Å². The molecule has 0 aliphatic carbocycles. The number of Topliss-reactive ketones (excluding diaryl/α,β-unsaturated/α-hetero) is 1. The summed E-state index contributed by atoms with van der Waals surface area (Å²) in [5.74, 6) is -0.552. The molecule has 6 aromatic rings. The summed E-state index contributed by atoms with van der Waals surface area (Å²) >= 11 is 0. The van der Waals surface area contributed by atoms with Crippen molar-refractivity contribution in [2.45, 2.75) is 53.6 Å². The van der Waals surface area contributed by atoms with Gasteiger partial charge in [0.2, 0.25) is 18.6 Å². The number of halogens is 2. The summed E-state index contributed by atoms with van der Waals surface area (Å²) in [6.45, 7) is 12.2. The summed E-state index contributed by atoms with van der Waals surface area (Å²) in [6.07, 6.45) is 11.9. The summed E-state index contributed by atoms with van der Waals surface area (Å²) in [5.41, 5.74) is 7.58. The van der Waals surface area contributed by atoms with Crippen molar-refractivity contribution < 1.29 is 77.2 Å². The van der Waals surface area contributed by atoms with Crippen molar-refractivity contribution in [3.63, 3.8) is 0 Å². The summed E-state index contributed by atoms with van der Waals surface area (Å²) in [4.78, 5) is 41.5. The highest BCUT2D eigenvalue weighted by Gasteiger charge is 2.19. The molecule has 0 atom stereocenters. The number of aliphatic carboxylic acids is 2. The fourth-order valence-electron chi connectivity index (χ4n) is 7.72. The number of ether oxygens (including phenoxy) is 2. The van der Waals surface area contributed by atoms with Gasteiger partial charge in [0, 0.05) is 103 Å². The second-order valence-corrected chi connectivity index (χ2v) is 15.3. The molecular weight excluding hydrogens is 964 g/mol. The lowest BCUT2D eigenvalue weighted by atomic mass is 9.95. The van der Waals surface area contributed by atoms with E-state index in [1.807, 2.05) is 97.1 Å². The zero-order valence-electron chi connectivity index (χ0n) is 37.9. The van der Waals surface area contributed by atoms with Gasteiger partial charge < -0.3 is 63.4 Å². The Morgan fingerprint density at radius 3 is 1.74 bits per heavy atom. The minimum atomic E-state index is -0.952. The van der Waals surface area contributed by atoms with Crippen LogP contribution >= 0.6 is 0 Å². The molecule has 0 bridgehead atoms. The molecule has 66 heavy (non-hydrogen) atoms. The predicted molar refractivity (Wildman–Crippen MR) is 254 cm³/mol. The van der Waals surface area contributed by atoms with Crippen molar-refractivity contribution >= 4 is 63.8 Å². The first kappa shape index (κ1) is 52.3. The van der Waals surface area contributed by atoms with E-state index in [4.69, 9.17) is 9.47 Å². The zero-order valence-corrected chi connectivity index (χ0v) is 41.1. The van der Waals surface area contributed by atoms with Crippen molar-refractivity contribution in [1.82, 2.24) is 0 Å². The van der Waals surface area contributed by atoms with Gasteiger partial charge in [0.1, 0.15) is 11.5 Å². The average molecular weight is 1020 g/mol. The van der Waals surface area contributed by atoms with E-state index >= 15 is 0 Å². The first-order valence-corrected chi connectivity index (χ1v) is 21.9. The van der Waals surface area contributed by atoms with Crippen LogP contribution in [0.3, 0.4) is 0 Å². The largest absolute Gasteiger partial charge is 1.00 e. The van der Waals surface area contributed by atoms with E-state index in [0.717, 1.165) is 76.5 Å². The molecule has 13 heteroatoms. The topological polar surface area (TPSA) is 124 Å². The Labute approximate surface area is 408 Å². The van der Waals surface area contributed by atoms with Gasteiger partial charge in [0.05, 0.1) is 18.6 Å². The Bertz CT molecular complexity index is 2610. The number of ketones is 1. The molecule has 0 amide bonds. The summed E-state index contributed by atoms with van der Waals surface area (Å²) < 4.78 is 16.4. The highest BCUT2D eigenvalue weighted by Crippen LogP contribution is 2.32. The van der Waals surface area contributed by atoms with Gasteiger partial charge >= 0.3 is 11.9 Å². The molecule has 346 valence electrons. The van der Waals surface area contributed by atoms with E-state index in [0.29, 0.717) is 36.5 Å². The van der Waals surface area contributed by atoms with Gasteiger partial charge in [-0.3, -0.25) is 4.79 Å². The summed E-state index contributed by atoms with van der Waals surface area (Å²) in [6, 6.07) is 35.2. The van der Waals surface area contributed by atoms with Gasteiger partial charge in [-0.1, -0.05) is 54.6 Å². The first-order chi connectivity index (χ1) is 31.1. The van der Waals surface area contributed by atoms with Gasteiger partial charge in [0.25, 0.3) is 0 Å². The second kappa shape index (κ2) is 26.0. The Morgan fingerprint density at radius 1 is 0.606 bits per heavy atom. The standard InChI is InChI=1S/C53H56N4O7.2BrH/c1-5-55(6-2)44-23-21-42(20-19-40-27-30-57(38-53(61)62)48-18-13-12-17-46(40)48)50(35-44)63-31-14-32-64-51-36-45(56(7-3)8-4)24-22-43(51)34-47(49(58)33-39-15-10-9-11-16-39)41-25-28-54(29-26-41)37-52(59)60;;/h9-13,15-30,34-36H,5-8,14,31-33,37-38H2,1-4H3;2*1H. The van der Waals surface area contributed by atoms with E-state index in [9.17, 15) is 24.6 Å². The monoisotopic (exact) mass is 1020 g/mol. The second-order valence-electron chi connectivity index (χ2n) is 15.3. The number of allylic oxidation sites excluding steroid dienone is 1. The van der Waals surface area contributed by atoms with Crippen LogP contribution in [0.1, 0.15) is 61.9 Å². The Hall–Kier alpha value is -6.31. The number of aromatic nitrogens is 2. The molecule has 0 fully saturated rings. The van der Waals surface area contributed by atoms with Gasteiger partial charge in [0.15, 0.2) is 24.4 Å². The van der Waals surface area contributed by atoms with Crippen LogP contribution in [0.2, 0.25) is 0 Å². The van der Waals surface area contributed by atoms with E-state index in [2.05, 4.69) is 55.7 Å². The van der Waals surface area contributed by atoms with Crippen molar-refractivity contribution in [3.05, 3.63) is 156 Å². The number of hydrogen-bond acceptors (Lipinski definition) is 7. The minimum Gasteiger partial charge on any atom is -1.00 e. The number of pyridine rings is 2. The lowest BCUT2D eigenvalue weighted by Crippen LogP contribution is -3.00. The molecular formula is C53H58Br2N4O7. The number of carbonyl (C=O) groups excluding carboxylic acids is 1. The van der Waals surface area contributed by atoms with Crippen LogP contribution in [0.15, 0.2) is 128 Å². The van der Waals surface area contributed by atoms with Crippen LogP contribution in [0.4, 0.5) is 11.4 Å². The molecule has 0 unspecified atom stereocenters. The Morgan fingerprint density at radius 2 is 1.15 bits per heavy atom. The average Bonchev–Trinajstić information content (AvgIpc) is 3.30. The third kappa shape index (κ3) is 14.1. The number of carboxylic acids is 2. The van der Waals surface area contributed by atoms with E-state index in [-0.39, 0.29) is 59.3 Å². The van der Waals surface area contributed by atoms with Gasteiger partial charge in [-0.05, 0) is 80.8 Å². The Kier molecular flexibility index (Phi) is 20.6. The number of carbonyl (C=O) groups is 3. The highest BCUT2D eigenvalue weighted by atomic mass is 79.9. The number of hydrogen-bond donors (Lipinski definition) is 2. The van der Waals surface area contributed by atoms with E-state index < -0.39 is 11.9 Å². The third-order valence-corrected chi connectivity index (χ3v) is 11.1. The van der Waals surface area contributed by atoms with Gasteiger partial charge in [-0.15, -0.1) is 0 Å². The van der Waals surface area contributed by atoms with Crippen LogP contribution in [0.25, 0.3) is 34.7 Å². The molecule has 2 heterocycles. The maximum atomic E-state index is 14.1. The number of anilines is 2. The summed E-state index contributed by atoms with van der Waals surface area (Å²) in [7, 11) is 0. The SMILES string of the molecule is CCN(CC)c1ccc(/C=C(\C(=O)Cc2ccccc2)c2cc[n+](CC(=O)O)cc2)c(OCCCOc2cc(N(CC)CC)ccc2/C=C/c2cc[n+](CC(=O)O)c3ccccc23)c1.[Br-].[Br-]. The van der Waals surface area contributed by atoms with E-state index in [1.54, 1.807) is 39.9 Å². The molecule has 0 radical (unpaired) electrons. The third-order valence-electron chi connectivity index (χ3n) is 11.1. The number of para-hydroxylation sites is 1. The van der Waals surface area contributed by atoms with Gasteiger partial charge in [-0.25, -0.2) is 9.59 Å². The van der Waals surface area contributed by atoms with Crippen molar-refractivity contribution in [3.8, 4) is 11.5 Å². The zero-order chi connectivity index (χ0) is 45.4. The molecule has 0 saturated carbocycles. The number of benzene rings is 4. The lowest BCUT2D eigenvalue weighted by Gasteiger charge is -2.23. The Balaban J connectivity index is 0.00000476. The molecule has 0 spiro atoms. The fourth-order valence-corrected chi connectivity index (χ4v) is 7.72. The van der Waals surface area contributed by atoms with E-state index in [1.165, 1.54) is 0 Å². The van der Waals surface area contributed by atoms with Gasteiger partial charge in [-0.2, -0.15) is 9.13 Å². The normalized spacial score (nSPS) is 11.1. The maximum absolute atomic E-state index is 14.1. The van der Waals surface area contributed by atoms with Crippen LogP contribution < -0.4 is 62.4 Å². The minimum absolute atomic E-state index is 0. The predicted octanol–water partition coefficient (Wildman–Crippen LogP) is 2.66. The van der Waals surface area contributed by atoms with Crippen LogP contribution in [-0.4, -0.2) is 67.3 Å². The molecule has 4 aromatic carbocycles. The molecule has 0 aliphatic rings. The molecule has 2 N–H and O–H groups in total. The maximum Gasteiger partial charge on any atom is 0.370 e. The number of rotatable bonds is 23.